The molecule has 0 spiro atoms. The second kappa shape index (κ2) is 5.38. The first-order valence-corrected chi connectivity index (χ1v) is 5.67. The Balaban J connectivity index is 2.68. The molecule has 1 nitrogen and oxygen atoms in total. The van der Waals surface area contributed by atoms with E-state index in [1.165, 1.54) is 24.3 Å². The molecule has 2 rings (SSSR count). The minimum atomic E-state index is -2.28. The maximum absolute atomic E-state index is 13.5. The molecule has 1 atom stereocenters. The highest BCUT2D eigenvalue weighted by Gasteiger charge is 2.30. The van der Waals surface area contributed by atoms with Crippen LogP contribution in [-0.4, -0.2) is 5.11 Å². The molecule has 0 aromatic heterocycles. The molecule has 0 saturated heterocycles. The number of benzene rings is 2. The smallest absolute Gasteiger partial charge is 0.200 e. The summed E-state index contributed by atoms with van der Waals surface area (Å²) in [5.74, 6) is -10.7. The summed E-state index contributed by atoms with van der Waals surface area (Å²) in [4.78, 5) is 0. The topological polar surface area (TPSA) is 20.2 Å². The summed E-state index contributed by atoms with van der Waals surface area (Å²) in [6, 6.07) is 5.41. The third-order valence-corrected chi connectivity index (χ3v) is 3.06. The molecule has 0 amide bonds. The van der Waals surface area contributed by atoms with Crippen molar-refractivity contribution in [1.82, 2.24) is 0 Å². The molecule has 106 valence electrons. The summed E-state index contributed by atoms with van der Waals surface area (Å²) in [5, 5.41) is 9.79. The predicted molar refractivity (Wildman–Crippen MR) is 61.7 cm³/mol. The maximum Gasteiger partial charge on any atom is 0.200 e. The Morgan fingerprint density at radius 2 is 1.25 bits per heavy atom. The molecule has 0 aliphatic carbocycles. The highest BCUT2D eigenvalue weighted by molar-refractivity contribution is 6.31. The summed E-state index contributed by atoms with van der Waals surface area (Å²) in [5.41, 5.74) is -1.51. The second-order valence-electron chi connectivity index (χ2n) is 3.91. The zero-order valence-corrected chi connectivity index (χ0v) is 10.4. The molecule has 2 aromatic carbocycles. The Hall–Kier alpha value is -1.66. The molecule has 0 heterocycles. The molecule has 1 unspecified atom stereocenters. The van der Waals surface area contributed by atoms with E-state index in [1.54, 1.807) is 0 Å². The monoisotopic (exact) mass is 308 g/mol. The lowest BCUT2D eigenvalue weighted by atomic mass is 9.99. The van der Waals surface area contributed by atoms with Gasteiger partial charge < -0.3 is 5.11 Å². The number of hydrogen-bond acceptors (Lipinski definition) is 1. The molecular formula is C13H6ClF5O. The van der Waals surface area contributed by atoms with E-state index in [0.717, 1.165) is 0 Å². The summed E-state index contributed by atoms with van der Waals surface area (Å²) >= 11 is 5.72. The highest BCUT2D eigenvalue weighted by atomic mass is 35.5. The normalized spacial score (nSPS) is 12.6. The van der Waals surface area contributed by atoms with Gasteiger partial charge in [-0.1, -0.05) is 29.8 Å². The lowest BCUT2D eigenvalue weighted by Gasteiger charge is -2.15. The lowest BCUT2D eigenvalue weighted by Crippen LogP contribution is -2.12. The van der Waals surface area contributed by atoms with Gasteiger partial charge in [-0.05, 0) is 6.07 Å². The van der Waals surface area contributed by atoms with Gasteiger partial charge in [0.05, 0.1) is 5.56 Å². The largest absolute Gasteiger partial charge is 0.383 e. The molecule has 0 saturated carbocycles. The Labute approximate surface area is 115 Å². The van der Waals surface area contributed by atoms with Gasteiger partial charge in [-0.2, -0.15) is 0 Å². The van der Waals surface area contributed by atoms with E-state index in [9.17, 15) is 27.1 Å². The van der Waals surface area contributed by atoms with Crippen LogP contribution >= 0.6 is 11.6 Å². The third kappa shape index (κ3) is 2.25. The molecular weight excluding hydrogens is 303 g/mol. The molecule has 7 heteroatoms. The van der Waals surface area contributed by atoms with Crippen molar-refractivity contribution in [2.45, 2.75) is 6.10 Å². The fourth-order valence-corrected chi connectivity index (χ4v) is 1.95. The van der Waals surface area contributed by atoms with Gasteiger partial charge in [0.1, 0.15) is 6.10 Å². The molecule has 0 fully saturated rings. The van der Waals surface area contributed by atoms with Crippen molar-refractivity contribution < 1.29 is 27.1 Å². The molecule has 2 aromatic rings. The maximum atomic E-state index is 13.5. The third-order valence-electron chi connectivity index (χ3n) is 2.72. The first-order chi connectivity index (χ1) is 9.36. The number of rotatable bonds is 2. The standard InChI is InChI=1S/C13H6ClF5O/c14-6-4-2-1-3-5(6)13(20)7-8(15)10(17)12(19)11(18)9(7)16/h1-4,13,20H. The minimum absolute atomic E-state index is 0.0658. The SMILES string of the molecule is OC(c1ccccc1Cl)c1c(F)c(F)c(F)c(F)c1F. The zero-order chi connectivity index (χ0) is 15.0. The quantitative estimate of drug-likeness (QED) is 0.503. The van der Waals surface area contributed by atoms with E-state index < -0.39 is 40.8 Å². The molecule has 1 N–H and O–H groups in total. The van der Waals surface area contributed by atoms with Gasteiger partial charge in [0.2, 0.25) is 5.82 Å². The first kappa shape index (κ1) is 14.7. The summed E-state index contributed by atoms with van der Waals surface area (Å²) in [6.45, 7) is 0. The van der Waals surface area contributed by atoms with Gasteiger partial charge >= 0.3 is 0 Å². The molecule has 0 aliphatic rings. The van der Waals surface area contributed by atoms with Crippen LogP contribution in [0.25, 0.3) is 0 Å². The fraction of sp³-hybridized carbons (Fsp3) is 0.0769. The van der Waals surface area contributed by atoms with E-state index >= 15 is 0 Å². The van der Waals surface area contributed by atoms with E-state index in [1.807, 2.05) is 0 Å². The average molecular weight is 309 g/mol. The van der Waals surface area contributed by atoms with Crippen LogP contribution in [0.15, 0.2) is 24.3 Å². The van der Waals surface area contributed by atoms with Crippen molar-refractivity contribution in [1.29, 1.82) is 0 Å². The second-order valence-corrected chi connectivity index (χ2v) is 4.31. The molecule has 0 radical (unpaired) electrons. The van der Waals surface area contributed by atoms with Gasteiger partial charge in [0, 0.05) is 10.6 Å². The molecule has 20 heavy (non-hydrogen) atoms. The van der Waals surface area contributed by atoms with Gasteiger partial charge in [0.25, 0.3) is 0 Å². The Kier molecular flexibility index (Phi) is 3.96. The number of hydrogen-bond donors (Lipinski definition) is 1. The zero-order valence-electron chi connectivity index (χ0n) is 9.60. The highest BCUT2D eigenvalue weighted by Crippen LogP contribution is 2.34. The predicted octanol–water partition coefficient (Wildman–Crippen LogP) is 4.12. The summed E-state index contributed by atoms with van der Waals surface area (Å²) in [7, 11) is 0. The van der Waals surface area contributed by atoms with Crippen LogP contribution in [0, 0.1) is 29.1 Å². The van der Waals surface area contributed by atoms with Crippen LogP contribution < -0.4 is 0 Å². The average Bonchev–Trinajstić information content (AvgIpc) is 2.43. The molecule has 0 aliphatic heterocycles. The van der Waals surface area contributed by atoms with Crippen LogP contribution in [-0.2, 0) is 0 Å². The van der Waals surface area contributed by atoms with Gasteiger partial charge in [-0.3, -0.25) is 0 Å². The van der Waals surface area contributed by atoms with Crippen molar-refractivity contribution >= 4 is 11.6 Å². The number of halogens is 6. The molecule has 0 bridgehead atoms. The van der Waals surface area contributed by atoms with Crippen LogP contribution in [0.1, 0.15) is 17.2 Å². The number of aliphatic hydroxyl groups excluding tert-OH is 1. The van der Waals surface area contributed by atoms with Gasteiger partial charge in [-0.25, -0.2) is 22.0 Å². The van der Waals surface area contributed by atoms with E-state index in [4.69, 9.17) is 11.6 Å². The van der Waals surface area contributed by atoms with Gasteiger partial charge in [-0.15, -0.1) is 0 Å². The lowest BCUT2D eigenvalue weighted by molar-refractivity contribution is 0.203. The Morgan fingerprint density at radius 3 is 1.75 bits per heavy atom. The van der Waals surface area contributed by atoms with Crippen LogP contribution in [0.4, 0.5) is 22.0 Å². The number of aliphatic hydroxyl groups is 1. The van der Waals surface area contributed by atoms with Gasteiger partial charge in [0.15, 0.2) is 23.3 Å². The Morgan fingerprint density at radius 1 is 0.800 bits per heavy atom. The van der Waals surface area contributed by atoms with Crippen molar-refractivity contribution in [3.8, 4) is 0 Å². The fourth-order valence-electron chi connectivity index (χ4n) is 1.71. The van der Waals surface area contributed by atoms with E-state index in [0.29, 0.717) is 0 Å². The Bertz CT molecular complexity index is 645. The minimum Gasteiger partial charge on any atom is -0.383 e. The van der Waals surface area contributed by atoms with Crippen molar-refractivity contribution in [2.24, 2.45) is 0 Å². The summed E-state index contributed by atoms with van der Waals surface area (Å²) in [6.07, 6.45) is -2.08. The van der Waals surface area contributed by atoms with E-state index in [2.05, 4.69) is 0 Å². The summed E-state index contributed by atoms with van der Waals surface area (Å²) < 4.78 is 66.1. The first-order valence-electron chi connectivity index (χ1n) is 5.30. The van der Waals surface area contributed by atoms with Crippen LogP contribution in [0.2, 0.25) is 5.02 Å². The van der Waals surface area contributed by atoms with Crippen LogP contribution in [0.3, 0.4) is 0 Å². The van der Waals surface area contributed by atoms with Crippen LogP contribution in [0.5, 0.6) is 0 Å². The van der Waals surface area contributed by atoms with Crippen molar-refractivity contribution in [2.75, 3.05) is 0 Å². The van der Waals surface area contributed by atoms with Crippen molar-refractivity contribution in [3.63, 3.8) is 0 Å². The van der Waals surface area contributed by atoms with Crippen molar-refractivity contribution in [3.05, 3.63) is 69.5 Å². The van der Waals surface area contributed by atoms with E-state index in [-0.39, 0.29) is 10.6 Å².